The van der Waals surface area contributed by atoms with Crippen LogP contribution in [0.5, 0.6) is 5.75 Å². The van der Waals surface area contributed by atoms with E-state index in [1.54, 1.807) is 7.11 Å². The molecule has 4 heteroatoms. The van der Waals surface area contributed by atoms with E-state index in [2.05, 4.69) is 42.0 Å². The highest BCUT2D eigenvalue weighted by molar-refractivity contribution is 9.09. The van der Waals surface area contributed by atoms with Crippen molar-refractivity contribution < 1.29 is 9.53 Å². The molecule has 0 aliphatic heterocycles. The molecule has 0 aromatic heterocycles. The lowest BCUT2D eigenvalue weighted by Gasteiger charge is -2.21. The third kappa shape index (κ3) is 3.73. The van der Waals surface area contributed by atoms with Crippen molar-refractivity contribution >= 4 is 27.5 Å². The zero-order valence-electron chi connectivity index (χ0n) is 10.6. The molecule has 3 nitrogen and oxygen atoms in total. The Morgan fingerprint density at radius 3 is 2.53 bits per heavy atom. The van der Waals surface area contributed by atoms with Crippen molar-refractivity contribution in [1.82, 2.24) is 0 Å². The molecule has 0 aliphatic carbocycles. The van der Waals surface area contributed by atoms with Crippen molar-refractivity contribution in [1.29, 1.82) is 0 Å². The predicted octanol–water partition coefficient (Wildman–Crippen LogP) is 3.33. The van der Waals surface area contributed by atoms with Crippen LogP contribution < -0.4 is 10.1 Å². The summed E-state index contributed by atoms with van der Waals surface area (Å²) in [6.07, 6.45) is 0. The number of methoxy groups -OCH3 is 1. The van der Waals surface area contributed by atoms with E-state index < -0.39 is 0 Å². The Hall–Kier alpha value is -1.03. The van der Waals surface area contributed by atoms with Crippen LogP contribution in [-0.4, -0.2) is 18.3 Å². The third-order valence-corrected chi connectivity index (χ3v) is 2.97. The molecule has 0 saturated heterocycles. The molecule has 1 rings (SSSR count). The summed E-state index contributed by atoms with van der Waals surface area (Å²) in [6, 6.07) is 5.85. The highest BCUT2D eigenvalue weighted by Gasteiger charge is 2.16. The van der Waals surface area contributed by atoms with Gasteiger partial charge in [-0.05, 0) is 23.1 Å². The van der Waals surface area contributed by atoms with Crippen LogP contribution in [0.1, 0.15) is 26.3 Å². The molecule has 0 spiro atoms. The van der Waals surface area contributed by atoms with Gasteiger partial charge in [0.2, 0.25) is 5.91 Å². The smallest absolute Gasteiger partial charge is 0.235 e. The van der Waals surface area contributed by atoms with Crippen LogP contribution in [0, 0.1) is 0 Å². The summed E-state index contributed by atoms with van der Waals surface area (Å²) in [5, 5.41) is 3.09. The summed E-state index contributed by atoms with van der Waals surface area (Å²) in [4.78, 5) is 11.4. The first-order chi connectivity index (χ1) is 7.88. The lowest BCUT2D eigenvalue weighted by molar-refractivity contribution is -0.113. The topological polar surface area (TPSA) is 38.3 Å². The van der Waals surface area contributed by atoms with Gasteiger partial charge in [0.15, 0.2) is 0 Å². The van der Waals surface area contributed by atoms with Gasteiger partial charge in [-0.1, -0.05) is 42.8 Å². The van der Waals surface area contributed by atoms with Gasteiger partial charge in [-0.3, -0.25) is 4.79 Å². The number of alkyl halides is 1. The number of amides is 1. The first kappa shape index (κ1) is 14.0. The van der Waals surface area contributed by atoms with E-state index >= 15 is 0 Å². The summed E-state index contributed by atoms with van der Waals surface area (Å²) in [7, 11) is 1.59. The fourth-order valence-electron chi connectivity index (χ4n) is 1.46. The van der Waals surface area contributed by atoms with E-state index in [1.165, 1.54) is 0 Å². The van der Waals surface area contributed by atoms with Crippen LogP contribution in [0.25, 0.3) is 0 Å². The van der Waals surface area contributed by atoms with Crippen molar-refractivity contribution in [2.45, 2.75) is 26.2 Å². The first-order valence-corrected chi connectivity index (χ1v) is 6.55. The lowest BCUT2D eigenvalue weighted by Crippen LogP contribution is -2.15. The second kappa shape index (κ2) is 5.54. The molecule has 0 saturated carbocycles. The maximum atomic E-state index is 11.4. The zero-order chi connectivity index (χ0) is 13.1. The Balaban J connectivity index is 3.11. The molecule has 1 aromatic carbocycles. The van der Waals surface area contributed by atoms with Crippen molar-refractivity contribution in [2.24, 2.45) is 0 Å². The van der Waals surface area contributed by atoms with Gasteiger partial charge >= 0.3 is 0 Å². The van der Waals surface area contributed by atoms with E-state index in [-0.39, 0.29) is 16.7 Å². The number of carbonyl (C=O) groups excluding carboxylic acids is 1. The second-order valence-corrected chi connectivity index (χ2v) is 5.41. The number of halogens is 1. The monoisotopic (exact) mass is 299 g/mol. The molecular formula is C13H18BrNO2. The maximum Gasteiger partial charge on any atom is 0.235 e. The Bertz CT molecular complexity index is 410. The minimum absolute atomic E-state index is 0.0418. The SMILES string of the molecule is COc1ccc(C(C)(C)C)cc1NC(=O)CBr. The van der Waals surface area contributed by atoms with Gasteiger partial charge in [0, 0.05) is 0 Å². The normalized spacial score (nSPS) is 11.1. The number of rotatable bonds is 3. The van der Waals surface area contributed by atoms with Crippen molar-refractivity contribution in [2.75, 3.05) is 17.8 Å². The van der Waals surface area contributed by atoms with Gasteiger partial charge in [0.1, 0.15) is 5.75 Å². The largest absolute Gasteiger partial charge is 0.495 e. The standard InChI is InChI=1S/C13H18BrNO2/c1-13(2,3)9-5-6-11(17-4)10(7-9)15-12(16)8-14/h5-7H,8H2,1-4H3,(H,15,16). The molecule has 0 bridgehead atoms. The van der Waals surface area contributed by atoms with Crippen LogP contribution in [-0.2, 0) is 10.2 Å². The number of anilines is 1. The van der Waals surface area contributed by atoms with Gasteiger partial charge in [0.25, 0.3) is 0 Å². The van der Waals surface area contributed by atoms with Crippen LogP contribution in [0.2, 0.25) is 0 Å². The Morgan fingerprint density at radius 1 is 1.41 bits per heavy atom. The molecule has 0 radical (unpaired) electrons. The highest BCUT2D eigenvalue weighted by Crippen LogP contribution is 2.31. The van der Waals surface area contributed by atoms with E-state index in [9.17, 15) is 4.79 Å². The van der Waals surface area contributed by atoms with Gasteiger partial charge < -0.3 is 10.1 Å². The molecule has 1 amide bonds. The van der Waals surface area contributed by atoms with Crippen LogP contribution >= 0.6 is 15.9 Å². The van der Waals surface area contributed by atoms with Crippen molar-refractivity contribution in [3.05, 3.63) is 23.8 Å². The molecule has 0 fully saturated rings. The average molecular weight is 300 g/mol. The summed E-state index contributed by atoms with van der Waals surface area (Å²) in [5.41, 5.74) is 1.91. The fourth-order valence-corrected chi connectivity index (χ4v) is 1.60. The summed E-state index contributed by atoms with van der Waals surface area (Å²) >= 11 is 3.12. The Morgan fingerprint density at radius 2 is 2.06 bits per heavy atom. The molecule has 0 atom stereocenters. The first-order valence-electron chi connectivity index (χ1n) is 5.43. The third-order valence-electron chi connectivity index (χ3n) is 2.46. The number of benzene rings is 1. The van der Waals surface area contributed by atoms with Crippen LogP contribution in [0.3, 0.4) is 0 Å². The molecule has 94 valence electrons. The highest BCUT2D eigenvalue weighted by atomic mass is 79.9. The van der Waals surface area contributed by atoms with Gasteiger partial charge in [-0.2, -0.15) is 0 Å². The zero-order valence-corrected chi connectivity index (χ0v) is 12.2. The number of hydrogen-bond acceptors (Lipinski definition) is 2. The van der Waals surface area contributed by atoms with Crippen molar-refractivity contribution in [3.63, 3.8) is 0 Å². The van der Waals surface area contributed by atoms with Gasteiger partial charge in [-0.25, -0.2) is 0 Å². The van der Waals surface area contributed by atoms with E-state index in [0.717, 1.165) is 5.56 Å². The Labute approximate surface area is 111 Å². The average Bonchev–Trinajstić information content (AvgIpc) is 2.27. The lowest BCUT2D eigenvalue weighted by atomic mass is 9.87. The van der Waals surface area contributed by atoms with E-state index in [1.807, 2.05) is 18.2 Å². The van der Waals surface area contributed by atoms with Gasteiger partial charge in [-0.15, -0.1) is 0 Å². The molecule has 1 aromatic rings. The number of carbonyl (C=O) groups is 1. The minimum atomic E-state index is -0.0886. The molecule has 0 heterocycles. The molecule has 1 N–H and O–H groups in total. The molecule has 0 unspecified atom stereocenters. The predicted molar refractivity (Wildman–Crippen MR) is 74.1 cm³/mol. The number of hydrogen-bond donors (Lipinski definition) is 1. The maximum absolute atomic E-state index is 11.4. The fraction of sp³-hybridized carbons (Fsp3) is 0.462. The summed E-state index contributed by atoms with van der Waals surface area (Å²) < 4.78 is 5.23. The molecule has 17 heavy (non-hydrogen) atoms. The molecular weight excluding hydrogens is 282 g/mol. The summed E-state index contributed by atoms with van der Waals surface area (Å²) in [6.45, 7) is 6.39. The minimum Gasteiger partial charge on any atom is -0.495 e. The summed E-state index contributed by atoms with van der Waals surface area (Å²) in [5.74, 6) is 0.585. The van der Waals surface area contributed by atoms with Crippen LogP contribution in [0.4, 0.5) is 5.69 Å². The van der Waals surface area contributed by atoms with Crippen molar-refractivity contribution in [3.8, 4) is 5.75 Å². The quantitative estimate of drug-likeness (QED) is 0.870. The Kier molecular flexibility index (Phi) is 4.57. The second-order valence-electron chi connectivity index (χ2n) is 4.85. The number of ether oxygens (including phenoxy) is 1. The molecule has 0 aliphatic rings. The van der Waals surface area contributed by atoms with E-state index in [0.29, 0.717) is 11.4 Å². The van der Waals surface area contributed by atoms with Gasteiger partial charge in [0.05, 0.1) is 18.1 Å². The van der Waals surface area contributed by atoms with E-state index in [4.69, 9.17) is 4.74 Å². The number of nitrogens with one attached hydrogen (secondary N) is 1. The van der Waals surface area contributed by atoms with Crippen LogP contribution in [0.15, 0.2) is 18.2 Å².